The maximum absolute atomic E-state index is 13.2. The van der Waals surface area contributed by atoms with Crippen molar-refractivity contribution in [2.24, 2.45) is 0 Å². The Kier molecular flexibility index (Phi) is 5.75. The molecule has 0 bridgehead atoms. The molecule has 2 amide bonds. The van der Waals surface area contributed by atoms with E-state index in [9.17, 15) is 18.8 Å². The molecule has 0 aliphatic carbocycles. The molecule has 158 valence electrons. The first-order valence-electron chi connectivity index (χ1n) is 10.0. The molecule has 1 saturated heterocycles. The van der Waals surface area contributed by atoms with Gasteiger partial charge in [0.1, 0.15) is 11.3 Å². The van der Waals surface area contributed by atoms with Gasteiger partial charge in [0.05, 0.1) is 19.2 Å². The minimum Gasteiger partial charge on any atom is -0.494 e. The van der Waals surface area contributed by atoms with E-state index in [2.05, 4.69) is 4.98 Å². The van der Waals surface area contributed by atoms with E-state index in [1.165, 1.54) is 24.1 Å². The number of hydrogen-bond acceptors (Lipinski definition) is 5. The lowest BCUT2D eigenvalue weighted by molar-refractivity contribution is -0.148. The monoisotopic (exact) mass is 420 g/mol. The van der Waals surface area contributed by atoms with Crippen LogP contribution in [0.15, 0.2) is 42.6 Å². The summed E-state index contributed by atoms with van der Waals surface area (Å²) in [5, 5.41) is 0.702. The topological polar surface area (TPSA) is 76.6 Å². The third kappa shape index (κ3) is 4.17. The molecule has 0 N–H and O–H groups in total. The number of hydrogen-bond donors (Lipinski definition) is 0. The van der Waals surface area contributed by atoms with Crippen molar-refractivity contribution in [2.45, 2.75) is 32.2 Å². The number of rotatable bonds is 6. The summed E-state index contributed by atoms with van der Waals surface area (Å²) in [7, 11) is 1.47. The Hall–Kier alpha value is -3.61. The van der Waals surface area contributed by atoms with Gasteiger partial charge >= 0.3 is 0 Å². The fraction of sp³-hybridized carbons (Fsp3) is 0.250. The molecule has 0 saturated carbocycles. The zero-order valence-corrected chi connectivity index (χ0v) is 17.1. The van der Waals surface area contributed by atoms with Crippen LogP contribution in [0.5, 0.6) is 5.75 Å². The average molecular weight is 420 g/mol. The van der Waals surface area contributed by atoms with Crippen molar-refractivity contribution in [2.75, 3.05) is 7.11 Å². The predicted molar refractivity (Wildman–Crippen MR) is 112 cm³/mol. The average Bonchev–Trinajstić information content (AvgIpc) is 2.77. The molecule has 1 aliphatic rings. The van der Waals surface area contributed by atoms with Gasteiger partial charge in [-0.1, -0.05) is 12.1 Å². The summed E-state index contributed by atoms with van der Waals surface area (Å²) in [6.45, 7) is 0.0701. The van der Waals surface area contributed by atoms with Crippen LogP contribution < -0.4 is 4.74 Å². The van der Waals surface area contributed by atoms with Crippen molar-refractivity contribution in [1.82, 2.24) is 9.88 Å². The molecule has 2 aromatic carbocycles. The predicted octanol–water partition coefficient (Wildman–Crippen LogP) is 3.82. The van der Waals surface area contributed by atoms with E-state index < -0.39 is 0 Å². The smallest absolute Gasteiger partial charge is 0.229 e. The van der Waals surface area contributed by atoms with Gasteiger partial charge in [-0.2, -0.15) is 0 Å². The Bertz CT molecular complexity index is 1160. The summed E-state index contributed by atoms with van der Waals surface area (Å²) in [5.41, 5.74) is 3.23. The second-order valence-corrected chi connectivity index (χ2v) is 7.55. The molecule has 0 spiro atoms. The SMILES string of the molecule is COc1c(C=O)cc(CN2C(=O)CCCC2=O)c2cc(Cc3ccc(F)cc3)cnc12. The number of likely N-dealkylation sites (tertiary alicyclic amines) is 1. The molecule has 6 nitrogen and oxygen atoms in total. The number of ether oxygens (including phenoxy) is 1. The summed E-state index contributed by atoms with van der Waals surface area (Å²) in [4.78, 5) is 42.1. The van der Waals surface area contributed by atoms with Crippen LogP contribution in [-0.4, -0.2) is 35.1 Å². The highest BCUT2D eigenvalue weighted by molar-refractivity contribution is 5.99. The van der Waals surface area contributed by atoms with E-state index in [0.29, 0.717) is 59.7 Å². The minimum absolute atomic E-state index is 0.0701. The summed E-state index contributed by atoms with van der Waals surface area (Å²) in [5.74, 6) is -0.394. The van der Waals surface area contributed by atoms with Crippen molar-refractivity contribution >= 4 is 29.0 Å². The van der Waals surface area contributed by atoms with Gasteiger partial charge in [-0.15, -0.1) is 0 Å². The van der Waals surface area contributed by atoms with Gasteiger partial charge in [-0.05, 0) is 53.8 Å². The zero-order chi connectivity index (χ0) is 22.0. The van der Waals surface area contributed by atoms with E-state index in [4.69, 9.17) is 4.74 Å². The van der Waals surface area contributed by atoms with Gasteiger partial charge in [0.15, 0.2) is 12.0 Å². The zero-order valence-electron chi connectivity index (χ0n) is 17.1. The van der Waals surface area contributed by atoms with Crippen molar-refractivity contribution in [3.8, 4) is 5.75 Å². The number of imide groups is 1. The maximum Gasteiger partial charge on any atom is 0.229 e. The third-order valence-corrected chi connectivity index (χ3v) is 5.46. The van der Waals surface area contributed by atoms with E-state index in [1.54, 1.807) is 24.4 Å². The molecule has 1 aliphatic heterocycles. The van der Waals surface area contributed by atoms with Crippen LogP contribution in [0.3, 0.4) is 0 Å². The Labute approximate surface area is 178 Å². The van der Waals surface area contributed by atoms with E-state index in [-0.39, 0.29) is 24.2 Å². The summed E-state index contributed by atoms with van der Waals surface area (Å²) >= 11 is 0. The lowest BCUT2D eigenvalue weighted by Gasteiger charge is -2.26. The fourth-order valence-corrected chi connectivity index (χ4v) is 3.92. The number of aldehydes is 1. The van der Waals surface area contributed by atoms with E-state index >= 15 is 0 Å². The fourth-order valence-electron chi connectivity index (χ4n) is 3.92. The number of fused-ring (bicyclic) bond motifs is 1. The molecular formula is C24H21FN2O4. The third-order valence-electron chi connectivity index (χ3n) is 5.46. The van der Waals surface area contributed by atoms with Crippen molar-refractivity contribution < 1.29 is 23.5 Å². The number of aromatic nitrogens is 1. The number of piperidine rings is 1. The number of methoxy groups -OCH3 is 1. The molecule has 31 heavy (non-hydrogen) atoms. The quantitative estimate of drug-likeness (QED) is 0.448. The van der Waals surface area contributed by atoms with Crippen LogP contribution in [0.2, 0.25) is 0 Å². The number of halogens is 1. The molecule has 4 rings (SSSR count). The highest BCUT2D eigenvalue weighted by Gasteiger charge is 2.27. The van der Waals surface area contributed by atoms with E-state index in [1.807, 2.05) is 6.07 Å². The van der Waals surface area contributed by atoms with E-state index in [0.717, 1.165) is 11.1 Å². The standard InChI is InChI=1S/C24H21FN2O4/c1-31-24-18(14-28)11-17(13-27-21(29)3-2-4-22(27)30)20-10-16(12-26-23(20)24)9-15-5-7-19(25)8-6-15/h5-8,10-12,14H,2-4,9,13H2,1H3. The Morgan fingerprint density at radius 3 is 2.45 bits per heavy atom. The number of amides is 2. The van der Waals surface area contributed by atoms with Crippen molar-refractivity contribution in [3.05, 3.63) is 70.7 Å². The largest absolute Gasteiger partial charge is 0.494 e. The number of carbonyl (C=O) groups is 3. The summed E-state index contributed by atoms with van der Waals surface area (Å²) in [6.07, 6.45) is 4.10. The van der Waals surface area contributed by atoms with Gasteiger partial charge in [0.25, 0.3) is 0 Å². The molecule has 3 aromatic rings. The number of benzene rings is 2. The summed E-state index contributed by atoms with van der Waals surface area (Å²) in [6, 6.07) is 9.79. The van der Waals surface area contributed by atoms with Gasteiger partial charge in [-0.25, -0.2) is 4.39 Å². The van der Waals surface area contributed by atoms with Gasteiger partial charge in [0, 0.05) is 24.4 Å². The number of pyridine rings is 1. The molecule has 0 radical (unpaired) electrons. The highest BCUT2D eigenvalue weighted by atomic mass is 19.1. The van der Waals surface area contributed by atoms with Crippen LogP contribution in [-0.2, 0) is 22.6 Å². The Morgan fingerprint density at radius 1 is 1.10 bits per heavy atom. The lowest BCUT2D eigenvalue weighted by Crippen LogP contribution is -2.39. The van der Waals surface area contributed by atoms with Crippen molar-refractivity contribution in [3.63, 3.8) is 0 Å². The Balaban J connectivity index is 1.80. The van der Waals surface area contributed by atoms with Crippen LogP contribution in [0.25, 0.3) is 10.9 Å². The number of carbonyl (C=O) groups excluding carboxylic acids is 3. The normalized spacial score (nSPS) is 14.2. The van der Waals surface area contributed by atoms with Crippen molar-refractivity contribution in [1.29, 1.82) is 0 Å². The first-order chi connectivity index (χ1) is 15.0. The van der Waals surface area contributed by atoms with Crippen LogP contribution in [0.1, 0.15) is 46.3 Å². The lowest BCUT2D eigenvalue weighted by atomic mass is 9.98. The molecule has 1 fully saturated rings. The second-order valence-electron chi connectivity index (χ2n) is 7.55. The molecule has 1 aromatic heterocycles. The summed E-state index contributed by atoms with van der Waals surface area (Å²) < 4.78 is 18.6. The highest BCUT2D eigenvalue weighted by Crippen LogP contribution is 2.32. The van der Waals surface area contributed by atoms with Gasteiger partial charge < -0.3 is 4.74 Å². The molecule has 0 atom stereocenters. The van der Waals surface area contributed by atoms with Gasteiger partial charge in [-0.3, -0.25) is 24.3 Å². The number of nitrogens with zero attached hydrogens (tertiary/aromatic N) is 2. The van der Waals surface area contributed by atoms with Gasteiger partial charge in [0.2, 0.25) is 11.8 Å². The molecule has 0 unspecified atom stereocenters. The minimum atomic E-state index is -0.301. The molecule has 2 heterocycles. The van der Waals surface area contributed by atoms with Crippen LogP contribution in [0.4, 0.5) is 4.39 Å². The first-order valence-corrected chi connectivity index (χ1v) is 10.0. The molecular weight excluding hydrogens is 399 g/mol. The second kappa shape index (κ2) is 8.63. The van der Waals surface area contributed by atoms with Crippen LogP contribution in [0, 0.1) is 5.82 Å². The Morgan fingerprint density at radius 2 is 1.81 bits per heavy atom. The van der Waals surface area contributed by atoms with Crippen LogP contribution >= 0.6 is 0 Å². The first kappa shape index (κ1) is 20.7. The maximum atomic E-state index is 13.2. The molecule has 7 heteroatoms.